The van der Waals surface area contributed by atoms with Gasteiger partial charge in [0.25, 0.3) is 0 Å². The van der Waals surface area contributed by atoms with Crippen LogP contribution in [0.3, 0.4) is 0 Å². The predicted molar refractivity (Wildman–Crippen MR) is 55.8 cm³/mol. The second-order valence-electron chi connectivity index (χ2n) is 3.48. The summed E-state index contributed by atoms with van der Waals surface area (Å²) in [5, 5.41) is 2.43. The standard InChI is InChI=1S/C13H8O/c14-11-5-6-13-10(8-11)7-9-3-1-2-4-12(9)13/h1-8H. The second kappa shape index (κ2) is 2.55. The van der Waals surface area contributed by atoms with E-state index in [1.165, 1.54) is 16.0 Å². The highest BCUT2D eigenvalue weighted by molar-refractivity contribution is 6.09. The lowest BCUT2D eigenvalue weighted by Crippen LogP contribution is -2.21. The van der Waals surface area contributed by atoms with Gasteiger partial charge in [-0.2, -0.15) is 0 Å². The molecule has 0 radical (unpaired) electrons. The van der Waals surface area contributed by atoms with Crippen molar-refractivity contribution in [2.75, 3.05) is 0 Å². The molecule has 1 aromatic carbocycles. The van der Waals surface area contributed by atoms with Crippen LogP contribution in [-0.2, 0) is 4.79 Å². The van der Waals surface area contributed by atoms with Crippen molar-refractivity contribution in [3.63, 3.8) is 0 Å². The lowest BCUT2D eigenvalue weighted by atomic mass is 10.0. The number of carbonyl (C=O) groups is 1. The number of ketones is 1. The van der Waals surface area contributed by atoms with E-state index in [0.717, 1.165) is 5.57 Å². The molecule has 0 aromatic heterocycles. The first-order chi connectivity index (χ1) is 6.84. The van der Waals surface area contributed by atoms with Gasteiger partial charge in [-0.05, 0) is 45.9 Å². The maximum Gasteiger partial charge on any atom is 0.179 e. The molecule has 2 aliphatic rings. The summed E-state index contributed by atoms with van der Waals surface area (Å²) in [5.41, 5.74) is 2.21. The van der Waals surface area contributed by atoms with Crippen molar-refractivity contribution in [2.45, 2.75) is 0 Å². The van der Waals surface area contributed by atoms with Crippen molar-refractivity contribution in [1.29, 1.82) is 0 Å². The smallest absolute Gasteiger partial charge is 0.179 e. The minimum Gasteiger partial charge on any atom is -0.290 e. The zero-order valence-electron chi connectivity index (χ0n) is 7.53. The molecule has 0 fully saturated rings. The molecule has 2 aliphatic carbocycles. The summed E-state index contributed by atoms with van der Waals surface area (Å²) in [4.78, 5) is 11.2. The number of rotatable bonds is 0. The molecular formula is C13H8O. The van der Waals surface area contributed by atoms with Crippen LogP contribution in [0.4, 0.5) is 0 Å². The van der Waals surface area contributed by atoms with Gasteiger partial charge in [0, 0.05) is 0 Å². The first-order valence-corrected chi connectivity index (χ1v) is 4.60. The molecule has 14 heavy (non-hydrogen) atoms. The van der Waals surface area contributed by atoms with Crippen molar-refractivity contribution < 1.29 is 4.79 Å². The van der Waals surface area contributed by atoms with Gasteiger partial charge < -0.3 is 0 Å². The highest BCUT2D eigenvalue weighted by Crippen LogP contribution is 2.19. The van der Waals surface area contributed by atoms with Gasteiger partial charge in [0.15, 0.2) is 5.78 Å². The largest absolute Gasteiger partial charge is 0.290 e. The molecule has 0 unspecified atom stereocenters. The van der Waals surface area contributed by atoms with Gasteiger partial charge in [-0.25, -0.2) is 0 Å². The van der Waals surface area contributed by atoms with Gasteiger partial charge in [0.2, 0.25) is 0 Å². The summed E-state index contributed by atoms with van der Waals surface area (Å²) in [7, 11) is 0. The minimum absolute atomic E-state index is 0.0767. The van der Waals surface area contributed by atoms with E-state index in [-0.39, 0.29) is 5.78 Å². The summed E-state index contributed by atoms with van der Waals surface area (Å²) in [6.45, 7) is 0. The monoisotopic (exact) mass is 180 g/mol. The number of hydrogen-bond donors (Lipinski definition) is 0. The molecular weight excluding hydrogens is 172 g/mol. The number of benzene rings is 1. The van der Waals surface area contributed by atoms with Crippen molar-refractivity contribution in [3.05, 3.63) is 58.5 Å². The van der Waals surface area contributed by atoms with Crippen molar-refractivity contribution in [2.24, 2.45) is 0 Å². The molecule has 0 spiro atoms. The van der Waals surface area contributed by atoms with Gasteiger partial charge in [0.05, 0.1) is 0 Å². The summed E-state index contributed by atoms with van der Waals surface area (Å²) in [6, 6.07) is 8.19. The first kappa shape index (κ1) is 7.51. The lowest BCUT2D eigenvalue weighted by Gasteiger charge is -2.02. The SMILES string of the molecule is O=C1C=CC2=c3ccccc3=CC2=C1. The molecule has 3 rings (SSSR count). The van der Waals surface area contributed by atoms with Gasteiger partial charge in [-0.3, -0.25) is 4.79 Å². The van der Waals surface area contributed by atoms with Crippen LogP contribution in [0.1, 0.15) is 0 Å². The quantitative estimate of drug-likeness (QED) is 0.574. The summed E-state index contributed by atoms with van der Waals surface area (Å²) in [6.07, 6.45) is 7.27. The fourth-order valence-electron chi connectivity index (χ4n) is 1.94. The molecule has 0 saturated carbocycles. The third-order valence-corrected chi connectivity index (χ3v) is 2.58. The number of hydrogen-bond acceptors (Lipinski definition) is 1. The Bertz CT molecular complexity index is 600. The molecule has 0 saturated heterocycles. The number of allylic oxidation sites excluding steroid dienone is 4. The molecule has 66 valence electrons. The molecule has 0 bridgehead atoms. The third-order valence-electron chi connectivity index (χ3n) is 2.58. The topological polar surface area (TPSA) is 17.1 Å². The third kappa shape index (κ3) is 0.925. The van der Waals surface area contributed by atoms with Crippen molar-refractivity contribution in [1.82, 2.24) is 0 Å². The van der Waals surface area contributed by atoms with Crippen LogP contribution in [-0.4, -0.2) is 5.78 Å². The Morgan fingerprint density at radius 2 is 1.79 bits per heavy atom. The van der Waals surface area contributed by atoms with Gasteiger partial charge >= 0.3 is 0 Å². The average Bonchev–Trinajstić information content (AvgIpc) is 2.54. The van der Waals surface area contributed by atoms with E-state index in [0.29, 0.717) is 0 Å². The fourth-order valence-corrected chi connectivity index (χ4v) is 1.94. The number of carbonyl (C=O) groups excluding carboxylic acids is 1. The summed E-state index contributed by atoms with van der Waals surface area (Å²) in [5.74, 6) is 0.0767. The molecule has 0 N–H and O–H groups in total. The maximum atomic E-state index is 11.2. The van der Waals surface area contributed by atoms with Gasteiger partial charge in [-0.1, -0.05) is 24.3 Å². The van der Waals surface area contributed by atoms with E-state index < -0.39 is 0 Å². The Morgan fingerprint density at radius 3 is 2.71 bits per heavy atom. The second-order valence-corrected chi connectivity index (χ2v) is 3.48. The van der Waals surface area contributed by atoms with E-state index in [2.05, 4.69) is 18.2 Å². The highest BCUT2D eigenvalue weighted by atomic mass is 16.1. The Kier molecular flexibility index (Phi) is 1.37. The molecule has 1 aromatic rings. The molecule has 0 heterocycles. The molecule has 0 aliphatic heterocycles. The predicted octanol–water partition coefficient (Wildman–Crippen LogP) is 0.697. The van der Waals surface area contributed by atoms with E-state index in [9.17, 15) is 4.79 Å². The van der Waals surface area contributed by atoms with Crippen LogP contribution in [0.25, 0.3) is 11.6 Å². The Hall–Kier alpha value is -1.89. The van der Waals surface area contributed by atoms with Crippen LogP contribution in [0.2, 0.25) is 0 Å². The average molecular weight is 180 g/mol. The maximum absolute atomic E-state index is 11.2. The highest BCUT2D eigenvalue weighted by Gasteiger charge is 2.12. The zero-order valence-corrected chi connectivity index (χ0v) is 7.53. The molecule has 1 nitrogen and oxygen atoms in total. The fraction of sp³-hybridized carbons (Fsp3) is 0. The van der Waals surface area contributed by atoms with Crippen LogP contribution < -0.4 is 10.4 Å². The van der Waals surface area contributed by atoms with Crippen LogP contribution >= 0.6 is 0 Å². The zero-order chi connectivity index (χ0) is 9.54. The van der Waals surface area contributed by atoms with Crippen molar-refractivity contribution in [3.8, 4) is 0 Å². The van der Waals surface area contributed by atoms with E-state index >= 15 is 0 Å². The minimum atomic E-state index is 0.0767. The van der Waals surface area contributed by atoms with Crippen LogP contribution in [0.5, 0.6) is 0 Å². The number of fused-ring (bicyclic) bond motifs is 2. The van der Waals surface area contributed by atoms with E-state index in [1.807, 2.05) is 18.2 Å². The first-order valence-electron chi connectivity index (χ1n) is 4.60. The van der Waals surface area contributed by atoms with Gasteiger partial charge in [0.1, 0.15) is 0 Å². The van der Waals surface area contributed by atoms with E-state index in [1.54, 1.807) is 12.2 Å². The summed E-state index contributed by atoms with van der Waals surface area (Å²) < 4.78 is 0. The Labute approximate surface area is 81.4 Å². The lowest BCUT2D eigenvalue weighted by molar-refractivity contribution is -0.110. The Balaban J connectivity index is 2.45. The molecule has 0 amide bonds. The van der Waals surface area contributed by atoms with Crippen LogP contribution in [0.15, 0.2) is 48.1 Å². The van der Waals surface area contributed by atoms with Crippen LogP contribution in [0, 0.1) is 0 Å². The normalized spacial score (nSPS) is 17.3. The van der Waals surface area contributed by atoms with Crippen molar-refractivity contribution >= 4 is 17.4 Å². The summed E-state index contributed by atoms with van der Waals surface area (Å²) >= 11 is 0. The molecule has 1 heteroatoms. The Morgan fingerprint density at radius 1 is 0.929 bits per heavy atom. The van der Waals surface area contributed by atoms with Gasteiger partial charge in [-0.15, -0.1) is 0 Å². The molecule has 0 atom stereocenters. The van der Waals surface area contributed by atoms with E-state index in [4.69, 9.17) is 0 Å².